The first kappa shape index (κ1) is 33.7. The number of carbonyl (C=O) groups excluding carboxylic acids is 3. The number of ether oxygens (including phenoxy) is 1. The zero-order valence-electron chi connectivity index (χ0n) is 25.5. The van der Waals surface area contributed by atoms with Crippen molar-refractivity contribution in [1.82, 2.24) is 19.8 Å². The Labute approximate surface area is 260 Å². The van der Waals surface area contributed by atoms with Gasteiger partial charge in [-0.05, 0) is 49.8 Å². The fourth-order valence-electron chi connectivity index (χ4n) is 4.97. The molecule has 10 nitrogen and oxygen atoms in total. The maximum atomic E-state index is 14.1. The molecule has 13 heteroatoms. The van der Waals surface area contributed by atoms with Crippen molar-refractivity contribution < 1.29 is 32.3 Å². The van der Waals surface area contributed by atoms with E-state index in [-0.39, 0.29) is 24.6 Å². The number of likely N-dealkylation sites (tertiary alicyclic amines) is 1. The SMILES string of the molecule is CC1CCN(C(=O)C(c2ccccc2C(F)(F)F)n2cnc(NC(=O)C(COCc3ccccc3)NC(=O)C(C)(C)N)c2)CC1. The first-order valence-electron chi connectivity index (χ1n) is 14.7. The number of piperidine rings is 1. The van der Waals surface area contributed by atoms with Gasteiger partial charge in [-0.25, -0.2) is 4.98 Å². The molecule has 1 aliphatic rings. The van der Waals surface area contributed by atoms with Crippen LogP contribution in [0.15, 0.2) is 67.1 Å². The predicted octanol–water partition coefficient (Wildman–Crippen LogP) is 4.13. The number of imidazole rings is 1. The van der Waals surface area contributed by atoms with Gasteiger partial charge >= 0.3 is 6.18 Å². The predicted molar refractivity (Wildman–Crippen MR) is 162 cm³/mol. The normalized spacial score (nSPS) is 15.8. The number of nitrogens with two attached hydrogens (primary N) is 1. The van der Waals surface area contributed by atoms with E-state index in [1.54, 1.807) is 4.90 Å². The van der Waals surface area contributed by atoms with Gasteiger partial charge in [0.25, 0.3) is 5.91 Å². The maximum Gasteiger partial charge on any atom is 0.416 e. The van der Waals surface area contributed by atoms with Crippen LogP contribution in [0.5, 0.6) is 0 Å². The van der Waals surface area contributed by atoms with Crippen LogP contribution in [-0.4, -0.2) is 63.4 Å². The number of alkyl halides is 3. The molecule has 1 aromatic heterocycles. The molecule has 2 unspecified atom stereocenters. The Morgan fingerprint density at radius 2 is 1.69 bits per heavy atom. The van der Waals surface area contributed by atoms with E-state index in [2.05, 4.69) is 22.5 Å². The van der Waals surface area contributed by atoms with Crippen LogP contribution in [0.25, 0.3) is 0 Å². The van der Waals surface area contributed by atoms with Crippen molar-refractivity contribution in [2.75, 3.05) is 25.0 Å². The summed E-state index contributed by atoms with van der Waals surface area (Å²) >= 11 is 0. The highest BCUT2D eigenvalue weighted by Gasteiger charge is 2.39. The largest absolute Gasteiger partial charge is 0.416 e. The molecule has 3 aromatic rings. The van der Waals surface area contributed by atoms with E-state index >= 15 is 0 Å². The Balaban J connectivity index is 1.58. The van der Waals surface area contributed by atoms with E-state index in [0.717, 1.165) is 24.5 Å². The molecule has 0 spiro atoms. The molecule has 2 heterocycles. The monoisotopic (exact) mass is 628 g/mol. The van der Waals surface area contributed by atoms with Crippen LogP contribution < -0.4 is 16.4 Å². The molecular weight excluding hydrogens is 589 g/mol. The maximum absolute atomic E-state index is 14.1. The van der Waals surface area contributed by atoms with Crippen LogP contribution in [0.1, 0.15) is 56.3 Å². The van der Waals surface area contributed by atoms with Gasteiger partial charge in [0.1, 0.15) is 12.1 Å². The number of anilines is 1. The molecule has 0 bridgehead atoms. The molecule has 1 saturated heterocycles. The number of nitrogens with one attached hydrogen (secondary N) is 2. The molecule has 0 saturated carbocycles. The zero-order valence-corrected chi connectivity index (χ0v) is 25.5. The fraction of sp³-hybridized carbons (Fsp3) is 0.438. The fourth-order valence-corrected chi connectivity index (χ4v) is 4.97. The van der Waals surface area contributed by atoms with Crippen molar-refractivity contribution in [2.24, 2.45) is 11.7 Å². The zero-order chi connectivity index (χ0) is 32.8. The number of aromatic nitrogens is 2. The van der Waals surface area contributed by atoms with Gasteiger partial charge in [-0.3, -0.25) is 14.4 Å². The minimum absolute atomic E-state index is 0.0242. The van der Waals surface area contributed by atoms with Crippen molar-refractivity contribution in [3.63, 3.8) is 0 Å². The van der Waals surface area contributed by atoms with Crippen LogP contribution in [0.3, 0.4) is 0 Å². The summed E-state index contributed by atoms with van der Waals surface area (Å²) in [4.78, 5) is 45.6. The minimum atomic E-state index is -4.70. The van der Waals surface area contributed by atoms with Crippen LogP contribution in [0, 0.1) is 5.92 Å². The van der Waals surface area contributed by atoms with E-state index in [4.69, 9.17) is 10.5 Å². The van der Waals surface area contributed by atoms with Crippen LogP contribution >= 0.6 is 0 Å². The third kappa shape index (κ3) is 8.92. The van der Waals surface area contributed by atoms with Crippen LogP contribution in [0.2, 0.25) is 0 Å². The number of hydrogen-bond acceptors (Lipinski definition) is 6. The molecule has 0 radical (unpaired) electrons. The Hall–Kier alpha value is -4.23. The Morgan fingerprint density at radius 1 is 1.04 bits per heavy atom. The molecule has 4 rings (SSSR count). The Morgan fingerprint density at radius 3 is 2.33 bits per heavy atom. The van der Waals surface area contributed by atoms with E-state index in [9.17, 15) is 27.6 Å². The van der Waals surface area contributed by atoms with Gasteiger partial charge in [-0.2, -0.15) is 13.2 Å². The minimum Gasteiger partial charge on any atom is -0.374 e. The lowest BCUT2D eigenvalue weighted by molar-refractivity contribution is -0.140. The summed E-state index contributed by atoms with van der Waals surface area (Å²) in [6, 6.07) is 11.6. The lowest BCUT2D eigenvalue weighted by Crippen LogP contribution is -2.56. The number of amides is 3. The molecule has 45 heavy (non-hydrogen) atoms. The number of rotatable bonds is 11. The van der Waals surface area contributed by atoms with E-state index in [0.29, 0.717) is 19.0 Å². The first-order chi connectivity index (χ1) is 21.2. The summed E-state index contributed by atoms with van der Waals surface area (Å²) in [5.41, 5.74) is 4.33. The second-order valence-corrected chi connectivity index (χ2v) is 11.9. The highest BCUT2D eigenvalue weighted by atomic mass is 19.4. The number of hydrogen-bond donors (Lipinski definition) is 3. The summed E-state index contributed by atoms with van der Waals surface area (Å²) in [6.45, 7) is 5.87. The van der Waals surface area contributed by atoms with Crippen LogP contribution in [0.4, 0.5) is 19.0 Å². The summed E-state index contributed by atoms with van der Waals surface area (Å²) < 4.78 is 49.2. The average molecular weight is 629 g/mol. The van der Waals surface area contributed by atoms with Gasteiger partial charge in [0, 0.05) is 19.3 Å². The molecule has 0 aliphatic carbocycles. The Kier molecular flexibility index (Phi) is 10.7. The number of benzene rings is 2. The molecule has 2 aromatic carbocycles. The van der Waals surface area contributed by atoms with Gasteiger partial charge in [-0.1, -0.05) is 55.5 Å². The van der Waals surface area contributed by atoms with Crippen molar-refractivity contribution in [3.8, 4) is 0 Å². The molecule has 1 aliphatic heterocycles. The average Bonchev–Trinajstić information content (AvgIpc) is 3.44. The second kappa shape index (κ2) is 14.2. The highest BCUT2D eigenvalue weighted by molar-refractivity contribution is 5.98. The number of carbonyl (C=O) groups is 3. The number of halogens is 3. The smallest absolute Gasteiger partial charge is 0.374 e. The van der Waals surface area contributed by atoms with Crippen molar-refractivity contribution in [1.29, 1.82) is 0 Å². The van der Waals surface area contributed by atoms with E-state index in [1.807, 2.05) is 30.3 Å². The van der Waals surface area contributed by atoms with Gasteiger partial charge in [-0.15, -0.1) is 0 Å². The van der Waals surface area contributed by atoms with E-state index in [1.165, 1.54) is 49.1 Å². The third-order valence-corrected chi connectivity index (χ3v) is 7.64. The Bertz CT molecular complexity index is 1460. The third-order valence-electron chi connectivity index (χ3n) is 7.64. The summed E-state index contributed by atoms with van der Waals surface area (Å²) in [7, 11) is 0. The molecule has 4 N–H and O–H groups in total. The summed E-state index contributed by atoms with van der Waals surface area (Å²) in [5, 5.41) is 5.18. The highest BCUT2D eigenvalue weighted by Crippen LogP contribution is 2.37. The van der Waals surface area contributed by atoms with E-state index < -0.39 is 47.1 Å². The van der Waals surface area contributed by atoms with Gasteiger partial charge < -0.3 is 30.6 Å². The van der Waals surface area contributed by atoms with Crippen molar-refractivity contribution in [3.05, 3.63) is 83.8 Å². The lowest BCUT2D eigenvalue weighted by atomic mass is 9.95. The van der Waals surface area contributed by atoms with Gasteiger partial charge in [0.2, 0.25) is 11.8 Å². The van der Waals surface area contributed by atoms with Crippen LogP contribution in [-0.2, 0) is 31.9 Å². The quantitative estimate of drug-likeness (QED) is 0.293. The topological polar surface area (TPSA) is 132 Å². The standard InChI is InChI=1S/C32H39F3N6O4/c1-21-13-15-40(16-14-21)29(43)27(23-11-7-8-12-24(23)32(33,34)35)41-17-26(37-20-41)39-28(42)25(38-30(44)31(2,3)36)19-45-18-22-9-5-4-6-10-22/h4-12,17,20-21,25,27H,13-16,18-19,36H2,1-3H3,(H,38,44)(H,39,42). The van der Waals surface area contributed by atoms with Gasteiger partial charge in [0.05, 0.1) is 30.6 Å². The summed E-state index contributed by atoms with van der Waals surface area (Å²) in [6.07, 6.45) is -0.713. The van der Waals surface area contributed by atoms with Crippen molar-refractivity contribution in [2.45, 2.75) is 64.0 Å². The molecule has 3 amide bonds. The molecular formula is C32H39F3N6O4. The second-order valence-electron chi connectivity index (χ2n) is 11.9. The summed E-state index contributed by atoms with van der Waals surface area (Å²) in [5.74, 6) is -1.40. The van der Waals surface area contributed by atoms with Crippen molar-refractivity contribution >= 4 is 23.5 Å². The molecule has 2 atom stereocenters. The number of nitrogens with zero attached hydrogens (tertiary/aromatic N) is 3. The molecule has 242 valence electrons. The van der Waals surface area contributed by atoms with Gasteiger partial charge in [0.15, 0.2) is 5.82 Å². The lowest BCUT2D eigenvalue weighted by Gasteiger charge is -2.34. The molecule has 1 fully saturated rings. The first-order valence-corrected chi connectivity index (χ1v) is 14.7.